The van der Waals surface area contributed by atoms with E-state index in [0.717, 1.165) is 6.42 Å². The summed E-state index contributed by atoms with van der Waals surface area (Å²) in [5.41, 5.74) is 0. The number of aliphatic hydroxyl groups is 1. The fourth-order valence-electron chi connectivity index (χ4n) is 1.36. The van der Waals surface area contributed by atoms with E-state index < -0.39 is 0 Å². The highest BCUT2D eigenvalue weighted by molar-refractivity contribution is 6.28. The van der Waals surface area contributed by atoms with Crippen LogP contribution >= 0.6 is 11.6 Å². The molecule has 1 rings (SSSR count). The largest absolute Gasteiger partial charge is 0.463 e. The maximum atomic E-state index is 9.06. The first-order valence-electron chi connectivity index (χ1n) is 6.10. The molecular formula is C11H19ClN4O3. The van der Waals surface area contributed by atoms with Crippen LogP contribution in [0.2, 0.25) is 5.28 Å². The summed E-state index contributed by atoms with van der Waals surface area (Å²) in [6, 6.07) is 0.192. The van der Waals surface area contributed by atoms with Crippen molar-refractivity contribution in [1.82, 2.24) is 15.0 Å². The SMILES string of the molecule is CCCOc1nc(Cl)nc(N(CCO)CCOC)n1. The fourth-order valence-corrected chi connectivity index (χ4v) is 1.50. The molecule has 1 aromatic rings. The van der Waals surface area contributed by atoms with E-state index >= 15 is 0 Å². The summed E-state index contributed by atoms with van der Waals surface area (Å²) in [5, 5.41) is 9.13. The van der Waals surface area contributed by atoms with E-state index in [1.807, 2.05) is 6.92 Å². The fraction of sp³-hybridized carbons (Fsp3) is 0.727. The molecule has 19 heavy (non-hydrogen) atoms. The minimum absolute atomic E-state index is 0.0157. The molecule has 108 valence electrons. The van der Waals surface area contributed by atoms with Crippen LogP contribution in [-0.2, 0) is 4.74 Å². The molecule has 0 fully saturated rings. The van der Waals surface area contributed by atoms with Gasteiger partial charge in [-0.05, 0) is 18.0 Å². The summed E-state index contributed by atoms with van der Waals surface area (Å²) in [4.78, 5) is 13.9. The molecule has 0 atom stereocenters. The summed E-state index contributed by atoms with van der Waals surface area (Å²) in [5.74, 6) is 0.372. The van der Waals surface area contributed by atoms with Crippen molar-refractivity contribution < 1.29 is 14.6 Å². The van der Waals surface area contributed by atoms with Crippen molar-refractivity contribution >= 4 is 17.5 Å². The van der Waals surface area contributed by atoms with Crippen molar-refractivity contribution in [1.29, 1.82) is 0 Å². The lowest BCUT2D eigenvalue weighted by Gasteiger charge is -2.21. The zero-order valence-corrected chi connectivity index (χ0v) is 11.9. The van der Waals surface area contributed by atoms with Crippen LogP contribution in [0.3, 0.4) is 0 Å². The van der Waals surface area contributed by atoms with Gasteiger partial charge < -0.3 is 19.5 Å². The first-order chi connectivity index (χ1) is 9.21. The van der Waals surface area contributed by atoms with Crippen molar-refractivity contribution in [2.75, 3.05) is 44.9 Å². The van der Waals surface area contributed by atoms with Crippen LogP contribution in [0.5, 0.6) is 6.01 Å². The lowest BCUT2D eigenvalue weighted by atomic mass is 10.5. The van der Waals surface area contributed by atoms with Gasteiger partial charge in [-0.15, -0.1) is 0 Å². The summed E-state index contributed by atoms with van der Waals surface area (Å²) in [7, 11) is 1.60. The third kappa shape index (κ3) is 5.54. The van der Waals surface area contributed by atoms with Gasteiger partial charge in [-0.3, -0.25) is 0 Å². The van der Waals surface area contributed by atoms with Gasteiger partial charge >= 0.3 is 6.01 Å². The molecule has 0 spiro atoms. The molecule has 7 nitrogen and oxygen atoms in total. The molecule has 0 aliphatic heterocycles. The lowest BCUT2D eigenvalue weighted by Crippen LogP contribution is -2.32. The van der Waals surface area contributed by atoms with Gasteiger partial charge in [0.25, 0.3) is 0 Å². The monoisotopic (exact) mass is 290 g/mol. The average molecular weight is 291 g/mol. The van der Waals surface area contributed by atoms with Crippen molar-refractivity contribution in [2.45, 2.75) is 13.3 Å². The number of rotatable bonds is 9. The minimum atomic E-state index is -0.0157. The van der Waals surface area contributed by atoms with E-state index in [4.69, 9.17) is 26.2 Å². The Bertz CT molecular complexity index is 381. The maximum absolute atomic E-state index is 9.06. The molecule has 0 bridgehead atoms. The number of hydrogen-bond acceptors (Lipinski definition) is 7. The number of aliphatic hydroxyl groups excluding tert-OH is 1. The van der Waals surface area contributed by atoms with Crippen LogP contribution in [-0.4, -0.2) is 60.1 Å². The molecule has 0 aromatic carbocycles. The third-order valence-corrected chi connectivity index (χ3v) is 2.40. The molecular weight excluding hydrogens is 272 g/mol. The van der Waals surface area contributed by atoms with Crippen molar-refractivity contribution in [3.05, 3.63) is 5.28 Å². The van der Waals surface area contributed by atoms with Crippen LogP contribution in [0.15, 0.2) is 0 Å². The van der Waals surface area contributed by atoms with Crippen LogP contribution < -0.4 is 9.64 Å². The molecule has 0 radical (unpaired) electrons. The Morgan fingerprint density at radius 3 is 2.63 bits per heavy atom. The summed E-state index contributed by atoms with van der Waals surface area (Å²) in [6.45, 7) is 3.91. The number of anilines is 1. The summed E-state index contributed by atoms with van der Waals surface area (Å²) < 4.78 is 10.3. The van der Waals surface area contributed by atoms with Crippen molar-refractivity contribution in [3.8, 4) is 6.01 Å². The summed E-state index contributed by atoms with van der Waals surface area (Å²) in [6.07, 6.45) is 0.850. The Balaban J connectivity index is 2.84. The Kier molecular flexibility index (Phi) is 7.39. The second-order valence-electron chi connectivity index (χ2n) is 3.74. The van der Waals surface area contributed by atoms with Gasteiger partial charge in [0.2, 0.25) is 11.2 Å². The number of halogens is 1. The van der Waals surface area contributed by atoms with Crippen LogP contribution in [0, 0.1) is 0 Å². The highest BCUT2D eigenvalue weighted by atomic mass is 35.5. The van der Waals surface area contributed by atoms with Crippen molar-refractivity contribution in [2.24, 2.45) is 0 Å². The molecule has 0 aliphatic carbocycles. The van der Waals surface area contributed by atoms with Gasteiger partial charge in [0.15, 0.2) is 0 Å². The molecule has 0 amide bonds. The summed E-state index contributed by atoms with van der Waals surface area (Å²) >= 11 is 5.84. The maximum Gasteiger partial charge on any atom is 0.322 e. The number of aromatic nitrogens is 3. The van der Waals surface area contributed by atoms with Gasteiger partial charge in [-0.1, -0.05) is 6.92 Å². The zero-order valence-electron chi connectivity index (χ0n) is 11.2. The van der Waals surface area contributed by atoms with E-state index in [1.165, 1.54) is 0 Å². The van der Waals surface area contributed by atoms with Gasteiger partial charge in [-0.25, -0.2) is 0 Å². The lowest BCUT2D eigenvalue weighted by molar-refractivity contribution is 0.202. The first-order valence-corrected chi connectivity index (χ1v) is 6.48. The molecule has 1 N–H and O–H groups in total. The molecule has 0 unspecified atom stereocenters. The predicted molar refractivity (Wildman–Crippen MR) is 71.8 cm³/mol. The van der Waals surface area contributed by atoms with Gasteiger partial charge in [0.1, 0.15) is 0 Å². The topological polar surface area (TPSA) is 80.6 Å². The number of nitrogens with zero attached hydrogens (tertiary/aromatic N) is 4. The number of hydrogen-bond donors (Lipinski definition) is 1. The quantitative estimate of drug-likeness (QED) is 0.719. The Labute approximate surface area is 117 Å². The van der Waals surface area contributed by atoms with Crippen molar-refractivity contribution in [3.63, 3.8) is 0 Å². The van der Waals surface area contributed by atoms with E-state index in [9.17, 15) is 0 Å². The van der Waals surface area contributed by atoms with Crippen LogP contribution in [0.25, 0.3) is 0 Å². The van der Waals surface area contributed by atoms with E-state index in [1.54, 1.807) is 12.0 Å². The number of methoxy groups -OCH3 is 1. The smallest absolute Gasteiger partial charge is 0.322 e. The second-order valence-corrected chi connectivity index (χ2v) is 4.08. The standard InChI is InChI=1S/C11H19ClN4O3/c1-3-7-19-11-14-9(12)13-10(15-11)16(4-6-17)5-8-18-2/h17H,3-8H2,1-2H3. The van der Waals surface area contributed by atoms with E-state index in [-0.39, 0.29) is 17.9 Å². The molecule has 0 aliphatic rings. The highest BCUT2D eigenvalue weighted by Crippen LogP contribution is 2.15. The Morgan fingerprint density at radius 2 is 2.00 bits per heavy atom. The van der Waals surface area contributed by atoms with Crippen LogP contribution in [0.1, 0.15) is 13.3 Å². The van der Waals surface area contributed by atoms with Gasteiger partial charge in [0, 0.05) is 20.2 Å². The van der Waals surface area contributed by atoms with Gasteiger partial charge in [0.05, 0.1) is 19.8 Å². The molecule has 1 heterocycles. The van der Waals surface area contributed by atoms with E-state index in [0.29, 0.717) is 32.3 Å². The zero-order chi connectivity index (χ0) is 14.1. The molecule has 8 heteroatoms. The highest BCUT2D eigenvalue weighted by Gasteiger charge is 2.13. The molecule has 0 saturated heterocycles. The Morgan fingerprint density at radius 1 is 1.21 bits per heavy atom. The third-order valence-electron chi connectivity index (χ3n) is 2.23. The normalized spacial score (nSPS) is 10.5. The average Bonchev–Trinajstić information content (AvgIpc) is 2.40. The minimum Gasteiger partial charge on any atom is -0.463 e. The van der Waals surface area contributed by atoms with E-state index in [2.05, 4.69) is 15.0 Å². The van der Waals surface area contributed by atoms with Crippen LogP contribution in [0.4, 0.5) is 5.95 Å². The number of ether oxygens (including phenoxy) is 2. The molecule has 0 saturated carbocycles. The molecule has 1 aromatic heterocycles. The first kappa shape index (κ1) is 15.9. The predicted octanol–water partition coefficient (Wildman–Crippen LogP) is 0.759. The Hall–Kier alpha value is -1.18. The second kappa shape index (κ2) is 8.84. The van der Waals surface area contributed by atoms with Gasteiger partial charge in [-0.2, -0.15) is 15.0 Å².